The maximum absolute atomic E-state index is 12.9. The summed E-state index contributed by atoms with van der Waals surface area (Å²) in [6, 6.07) is 6.18. The highest BCUT2D eigenvalue weighted by molar-refractivity contribution is 5.78. The van der Waals surface area contributed by atoms with E-state index in [0.717, 1.165) is 24.8 Å². The minimum Gasteiger partial charge on any atom is -0.480 e. The van der Waals surface area contributed by atoms with Crippen molar-refractivity contribution in [1.82, 2.24) is 9.80 Å². The third-order valence-corrected chi connectivity index (χ3v) is 4.33. The zero-order chi connectivity index (χ0) is 16.8. The molecule has 0 radical (unpaired) electrons. The average Bonchev–Trinajstić information content (AvgIpc) is 2.75. The van der Waals surface area contributed by atoms with Crippen LogP contribution in [0.15, 0.2) is 24.3 Å². The molecule has 1 fully saturated rings. The van der Waals surface area contributed by atoms with Gasteiger partial charge in [0.2, 0.25) is 5.91 Å². The molecule has 1 amide bonds. The summed E-state index contributed by atoms with van der Waals surface area (Å²) in [6.07, 6.45) is 2.81. The van der Waals surface area contributed by atoms with Crippen molar-refractivity contribution in [3.8, 4) is 0 Å². The zero-order valence-electron chi connectivity index (χ0n) is 13.4. The molecule has 1 aliphatic heterocycles. The number of carboxylic acids is 1. The van der Waals surface area contributed by atoms with Gasteiger partial charge in [0, 0.05) is 19.1 Å². The number of hydrogen-bond donors (Lipinski definition) is 1. The lowest BCUT2D eigenvalue weighted by atomic mass is 10.1. The Hall–Kier alpha value is -1.95. The Bertz CT molecular complexity index is 547. The molecule has 2 rings (SSSR count). The van der Waals surface area contributed by atoms with Crippen molar-refractivity contribution < 1.29 is 19.1 Å². The second-order valence-electron chi connectivity index (χ2n) is 6.08. The van der Waals surface area contributed by atoms with Gasteiger partial charge in [-0.3, -0.25) is 14.5 Å². The molecule has 1 aliphatic rings. The SMILES string of the molecule is CN(CC(=O)O)C1CCCN(C(=O)Cc2ccc(F)cc2)CC1. The Morgan fingerprint density at radius 3 is 2.61 bits per heavy atom. The number of likely N-dealkylation sites (N-methyl/N-ethyl adjacent to an activating group) is 1. The number of carboxylic acid groups (broad SMARTS) is 1. The van der Waals surface area contributed by atoms with Crippen LogP contribution in [-0.4, -0.2) is 59.5 Å². The molecule has 5 nitrogen and oxygen atoms in total. The zero-order valence-corrected chi connectivity index (χ0v) is 13.4. The Balaban J connectivity index is 1.88. The molecule has 0 saturated carbocycles. The van der Waals surface area contributed by atoms with Crippen molar-refractivity contribution in [1.29, 1.82) is 0 Å². The van der Waals surface area contributed by atoms with Crippen LogP contribution in [0.5, 0.6) is 0 Å². The molecular formula is C17H23FN2O3. The fourth-order valence-corrected chi connectivity index (χ4v) is 3.00. The van der Waals surface area contributed by atoms with Crippen molar-refractivity contribution >= 4 is 11.9 Å². The van der Waals surface area contributed by atoms with Gasteiger partial charge in [-0.1, -0.05) is 12.1 Å². The number of carbonyl (C=O) groups excluding carboxylic acids is 1. The van der Waals surface area contributed by atoms with E-state index >= 15 is 0 Å². The fraction of sp³-hybridized carbons (Fsp3) is 0.529. The van der Waals surface area contributed by atoms with E-state index in [1.54, 1.807) is 12.1 Å². The van der Waals surface area contributed by atoms with E-state index in [1.807, 2.05) is 16.8 Å². The van der Waals surface area contributed by atoms with Crippen LogP contribution in [0.1, 0.15) is 24.8 Å². The number of rotatable bonds is 5. The maximum atomic E-state index is 12.9. The van der Waals surface area contributed by atoms with Crippen LogP contribution < -0.4 is 0 Å². The Kier molecular flexibility index (Phi) is 6.10. The van der Waals surface area contributed by atoms with Crippen LogP contribution in [0.3, 0.4) is 0 Å². The smallest absolute Gasteiger partial charge is 0.317 e. The number of likely N-dealkylation sites (tertiary alicyclic amines) is 1. The quantitative estimate of drug-likeness (QED) is 0.897. The molecule has 1 unspecified atom stereocenters. The summed E-state index contributed by atoms with van der Waals surface area (Å²) in [5.74, 6) is -1.10. The number of halogens is 1. The van der Waals surface area contributed by atoms with Gasteiger partial charge < -0.3 is 10.0 Å². The molecule has 1 atom stereocenters. The molecule has 0 bridgehead atoms. The molecule has 1 N–H and O–H groups in total. The normalized spacial score (nSPS) is 18.7. The molecule has 6 heteroatoms. The first-order valence-corrected chi connectivity index (χ1v) is 7.90. The van der Waals surface area contributed by atoms with Gasteiger partial charge in [-0.2, -0.15) is 0 Å². The second kappa shape index (κ2) is 8.06. The fourth-order valence-electron chi connectivity index (χ4n) is 3.00. The lowest BCUT2D eigenvalue weighted by molar-refractivity contribution is -0.138. The van der Waals surface area contributed by atoms with Gasteiger partial charge >= 0.3 is 5.97 Å². The predicted molar refractivity (Wildman–Crippen MR) is 84.6 cm³/mol. The number of amides is 1. The number of aliphatic carboxylic acids is 1. The van der Waals surface area contributed by atoms with E-state index in [9.17, 15) is 14.0 Å². The van der Waals surface area contributed by atoms with E-state index in [0.29, 0.717) is 13.1 Å². The van der Waals surface area contributed by atoms with E-state index in [1.165, 1.54) is 12.1 Å². The Morgan fingerprint density at radius 1 is 1.26 bits per heavy atom. The van der Waals surface area contributed by atoms with Crippen molar-refractivity contribution in [3.05, 3.63) is 35.6 Å². The van der Waals surface area contributed by atoms with E-state index < -0.39 is 5.97 Å². The van der Waals surface area contributed by atoms with Gasteiger partial charge in [-0.05, 0) is 44.0 Å². The number of carbonyl (C=O) groups is 2. The van der Waals surface area contributed by atoms with Crippen LogP contribution >= 0.6 is 0 Å². The van der Waals surface area contributed by atoms with Gasteiger partial charge in [0.05, 0.1) is 13.0 Å². The van der Waals surface area contributed by atoms with Gasteiger partial charge in [0.1, 0.15) is 5.82 Å². The number of nitrogens with zero attached hydrogens (tertiary/aromatic N) is 2. The lowest BCUT2D eigenvalue weighted by Gasteiger charge is -2.25. The summed E-state index contributed by atoms with van der Waals surface area (Å²) >= 11 is 0. The Labute approximate surface area is 135 Å². The van der Waals surface area contributed by atoms with Crippen LogP contribution in [-0.2, 0) is 16.0 Å². The summed E-state index contributed by atoms with van der Waals surface area (Å²) < 4.78 is 12.9. The van der Waals surface area contributed by atoms with Crippen molar-refractivity contribution in [2.75, 3.05) is 26.7 Å². The van der Waals surface area contributed by atoms with Crippen LogP contribution in [0.4, 0.5) is 4.39 Å². The number of benzene rings is 1. The highest BCUT2D eigenvalue weighted by Gasteiger charge is 2.23. The van der Waals surface area contributed by atoms with E-state index in [4.69, 9.17) is 5.11 Å². The van der Waals surface area contributed by atoms with Gasteiger partial charge in [0.15, 0.2) is 0 Å². The molecule has 1 aromatic carbocycles. The van der Waals surface area contributed by atoms with E-state index in [-0.39, 0.29) is 30.7 Å². The van der Waals surface area contributed by atoms with Crippen molar-refractivity contribution in [3.63, 3.8) is 0 Å². The summed E-state index contributed by atoms with van der Waals surface area (Å²) in [7, 11) is 1.81. The maximum Gasteiger partial charge on any atom is 0.317 e. The van der Waals surface area contributed by atoms with Crippen molar-refractivity contribution in [2.24, 2.45) is 0 Å². The first-order valence-electron chi connectivity index (χ1n) is 7.90. The monoisotopic (exact) mass is 322 g/mol. The molecule has 0 spiro atoms. The topological polar surface area (TPSA) is 60.9 Å². The van der Waals surface area contributed by atoms with E-state index in [2.05, 4.69) is 0 Å². The molecule has 1 aromatic rings. The minimum atomic E-state index is -0.832. The second-order valence-corrected chi connectivity index (χ2v) is 6.08. The summed E-state index contributed by atoms with van der Waals surface area (Å²) in [4.78, 5) is 26.9. The first-order chi connectivity index (χ1) is 11.0. The van der Waals surface area contributed by atoms with Crippen LogP contribution in [0.25, 0.3) is 0 Å². The molecule has 0 aliphatic carbocycles. The van der Waals surface area contributed by atoms with Crippen LogP contribution in [0, 0.1) is 5.82 Å². The van der Waals surface area contributed by atoms with Crippen LogP contribution in [0.2, 0.25) is 0 Å². The summed E-state index contributed by atoms with van der Waals surface area (Å²) in [5.41, 5.74) is 0.806. The van der Waals surface area contributed by atoms with Gasteiger partial charge in [-0.15, -0.1) is 0 Å². The Morgan fingerprint density at radius 2 is 1.96 bits per heavy atom. The highest BCUT2D eigenvalue weighted by Crippen LogP contribution is 2.17. The minimum absolute atomic E-state index is 0.0220. The van der Waals surface area contributed by atoms with Gasteiger partial charge in [0.25, 0.3) is 0 Å². The molecule has 1 heterocycles. The summed E-state index contributed by atoms with van der Waals surface area (Å²) in [5, 5.41) is 8.88. The predicted octanol–water partition coefficient (Wildman–Crippen LogP) is 1.77. The first kappa shape index (κ1) is 17.4. The average molecular weight is 322 g/mol. The molecular weight excluding hydrogens is 299 g/mol. The van der Waals surface area contributed by atoms with Crippen molar-refractivity contribution in [2.45, 2.75) is 31.7 Å². The molecule has 126 valence electrons. The molecule has 23 heavy (non-hydrogen) atoms. The highest BCUT2D eigenvalue weighted by atomic mass is 19.1. The molecule has 1 saturated heterocycles. The van der Waals surface area contributed by atoms with Gasteiger partial charge in [-0.25, -0.2) is 4.39 Å². The largest absolute Gasteiger partial charge is 0.480 e. The molecule has 0 aromatic heterocycles. The standard InChI is InChI=1S/C17H23FN2O3/c1-19(12-17(22)23)15-3-2-9-20(10-8-15)16(21)11-13-4-6-14(18)7-5-13/h4-7,15H,2-3,8-12H2,1H3,(H,22,23). The number of hydrogen-bond acceptors (Lipinski definition) is 3. The third-order valence-electron chi connectivity index (χ3n) is 4.33. The third kappa shape index (κ3) is 5.32. The lowest BCUT2D eigenvalue weighted by Crippen LogP contribution is -2.37. The summed E-state index contributed by atoms with van der Waals surface area (Å²) in [6.45, 7) is 1.35.